The summed E-state index contributed by atoms with van der Waals surface area (Å²) >= 11 is 0. The van der Waals surface area contributed by atoms with Gasteiger partial charge in [0, 0.05) is 37.8 Å². The van der Waals surface area contributed by atoms with E-state index in [0.29, 0.717) is 5.92 Å². The standard InChI is InChI=1S/C25H28N2/c1-4-10-22(11-5-1)25(23-12-6-2-7-13-23)16-17-26-18-20-27(21-19-26)24-14-8-3-9-15-24/h1-15,25H,16-21H2. The van der Waals surface area contributed by atoms with Crippen molar-refractivity contribution < 1.29 is 0 Å². The Bertz CT molecular complexity index is 754. The third-order valence-electron chi connectivity index (χ3n) is 5.63. The second kappa shape index (κ2) is 8.88. The van der Waals surface area contributed by atoms with Gasteiger partial charge in [-0.3, -0.25) is 4.90 Å². The highest BCUT2D eigenvalue weighted by Crippen LogP contribution is 2.28. The Balaban J connectivity index is 1.38. The number of rotatable bonds is 6. The molecule has 2 heteroatoms. The molecule has 0 radical (unpaired) electrons. The number of hydrogen-bond acceptors (Lipinski definition) is 2. The lowest BCUT2D eigenvalue weighted by molar-refractivity contribution is 0.251. The van der Waals surface area contributed by atoms with Gasteiger partial charge in [0.05, 0.1) is 0 Å². The first-order valence-electron chi connectivity index (χ1n) is 10.0. The molecule has 2 nitrogen and oxygen atoms in total. The molecular formula is C25H28N2. The van der Waals surface area contributed by atoms with Crippen molar-refractivity contribution in [2.24, 2.45) is 0 Å². The maximum absolute atomic E-state index is 2.62. The van der Waals surface area contributed by atoms with Crippen LogP contribution in [0.5, 0.6) is 0 Å². The summed E-state index contributed by atoms with van der Waals surface area (Å²) in [5.74, 6) is 0.472. The monoisotopic (exact) mass is 356 g/mol. The van der Waals surface area contributed by atoms with E-state index >= 15 is 0 Å². The van der Waals surface area contributed by atoms with Gasteiger partial charge in [0.15, 0.2) is 0 Å². The molecule has 138 valence electrons. The Hall–Kier alpha value is -2.58. The molecule has 0 N–H and O–H groups in total. The number of piperazine rings is 1. The van der Waals surface area contributed by atoms with E-state index < -0.39 is 0 Å². The van der Waals surface area contributed by atoms with Gasteiger partial charge in [-0.2, -0.15) is 0 Å². The number of nitrogens with zero attached hydrogens (tertiary/aromatic N) is 2. The van der Waals surface area contributed by atoms with Crippen LogP contribution < -0.4 is 4.90 Å². The van der Waals surface area contributed by atoms with Crippen LogP contribution in [0.25, 0.3) is 0 Å². The lowest BCUT2D eigenvalue weighted by atomic mass is 9.88. The van der Waals surface area contributed by atoms with Gasteiger partial charge in [-0.1, -0.05) is 78.9 Å². The summed E-state index contributed by atoms with van der Waals surface area (Å²) in [6.07, 6.45) is 1.17. The average molecular weight is 357 g/mol. The lowest BCUT2D eigenvalue weighted by Crippen LogP contribution is -2.46. The van der Waals surface area contributed by atoms with E-state index in [9.17, 15) is 0 Å². The molecule has 1 saturated heterocycles. The molecule has 0 amide bonds. The van der Waals surface area contributed by atoms with Gasteiger partial charge in [-0.25, -0.2) is 0 Å². The SMILES string of the molecule is c1ccc(C(CCN2CCN(c3ccccc3)CC2)c2ccccc2)cc1. The van der Waals surface area contributed by atoms with Crippen molar-refractivity contribution >= 4 is 5.69 Å². The van der Waals surface area contributed by atoms with Crippen LogP contribution in [0.3, 0.4) is 0 Å². The second-order valence-electron chi connectivity index (χ2n) is 7.33. The van der Waals surface area contributed by atoms with Crippen LogP contribution in [-0.4, -0.2) is 37.6 Å². The fraction of sp³-hybridized carbons (Fsp3) is 0.280. The molecule has 0 atom stereocenters. The highest BCUT2D eigenvalue weighted by atomic mass is 15.3. The minimum absolute atomic E-state index is 0.472. The van der Waals surface area contributed by atoms with Crippen molar-refractivity contribution in [3.05, 3.63) is 102 Å². The summed E-state index contributed by atoms with van der Waals surface area (Å²) < 4.78 is 0. The molecule has 3 aromatic rings. The van der Waals surface area contributed by atoms with E-state index in [0.717, 1.165) is 32.7 Å². The van der Waals surface area contributed by atoms with Crippen molar-refractivity contribution in [3.8, 4) is 0 Å². The third kappa shape index (κ3) is 4.58. The first-order chi connectivity index (χ1) is 13.4. The van der Waals surface area contributed by atoms with Crippen molar-refractivity contribution in [3.63, 3.8) is 0 Å². The van der Waals surface area contributed by atoms with Crippen molar-refractivity contribution in [1.82, 2.24) is 4.90 Å². The Morgan fingerprint density at radius 1 is 0.593 bits per heavy atom. The molecule has 3 aromatic carbocycles. The van der Waals surface area contributed by atoms with Gasteiger partial charge in [0.1, 0.15) is 0 Å². The largest absolute Gasteiger partial charge is 0.369 e. The number of para-hydroxylation sites is 1. The highest BCUT2D eigenvalue weighted by molar-refractivity contribution is 5.46. The zero-order valence-electron chi connectivity index (χ0n) is 15.9. The summed E-state index contributed by atoms with van der Waals surface area (Å²) in [6.45, 7) is 5.67. The van der Waals surface area contributed by atoms with Gasteiger partial charge < -0.3 is 4.90 Å². The van der Waals surface area contributed by atoms with Crippen molar-refractivity contribution in [2.45, 2.75) is 12.3 Å². The van der Waals surface area contributed by atoms with E-state index in [2.05, 4.69) is 101 Å². The van der Waals surface area contributed by atoms with E-state index in [4.69, 9.17) is 0 Å². The first-order valence-corrected chi connectivity index (χ1v) is 10.0. The van der Waals surface area contributed by atoms with Crippen LogP contribution in [0.15, 0.2) is 91.0 Å². The second-order valence-corrected chi connectivity index (χ2v) is 7.33. The average Bonchev–Trinajstić information content (AvgIpc) is 2.76. The zero-order chi connectivity index (χ0) is 18.3. The number of hydrogen-bond donors (Lipinski definition) is 0. The maximum Gasteiger partial charge on any atom is 0.0367 e. The molecule has 0 spiro atoms. The van der Waals surface area contributed by atoms with E-state index in [1.807, 2.05) is 0 Å². The van der Waals surface area contributed by atoms with E-state index in [1.54, 1.807) is 0 Å². The van der Waals surface area contributed by atoms with Crippen LogP contribution in [0.1, 0.15) is 23.5 Å². The minimum Gasteiger partial charge on any atom is -0.369 e. The Kier molecular flexibility index (Phi) is 5.86. The smallest absolute Gasteiger partial charge is 0.0367 e. The van der Waals surface area contributed by atoms with E-state index in [-0.39, 0.29) is 0 Å². The van der Waals surface area contributed by atoms with Gasteiger partial charge in [-0.15, -0.1) is 0 Å². The third-order valence-corrected chi connectivity index (χ3v) is 5.63. The molecule has 4 rings (SSSR count). The molecule has 27 heavy (non-hydrogen) atoms. The van der Waals surface area contributed by atoms with Gasteiger partial charge >= 0.3 is 0 Å². The van der Waals surface area contributed by atoms with Gasteiger partial charge in [-0.05, 0) is 36.2 Å². The van der Waals surface area contributed by atoms with Crippen molar-refractivity contribution in [2.75, 3.05) is 37.6 Å². The molecule has 1 fully saturated rings. The minimum atomic E-state index is 0.472. The van der Waals surface area contributed by atoms with Crippen LogP contribution in [0.4, 0.5) is 5.69 Å². The van der Waals surface area contributed by atoms with Crippen LogP contribution in [0, 0.1) is 0 Å². The van der Waals surface area contributed by atoms with Crippen LogP contribution >= 0.6 is 0 Å². The summed E-state index contributed by atoms with van der Waals surface area (Å²) in [5.41, 5.74) is 4.20. The van der Waals surface area contributed by atoms with Gasteiger partial charge in [0.2, 0.25) is 0 Å². The Morgan fingerprint density at radius 2 is 1.07 bits per heavy atom. The number of anilines is 1. The molecule has 1 aliphatic rings. The fourth-order valence-electron chi connectivity index (χ4n) is 4.08. The number of benzene rings is 3. The maximum atomic E-state index is 2.62. The summed E-state index contributed by atoms with van der Waals surface area (Å²) in [4.78, 5) is 5.13. The molecule has 1 aliphatic heterocycles. The predicted molar refractivity (Wildman–Crippen MR) is 114 cm³/mol. The van der Waals surface area contributed by atoms with Crippen LogP contribution in [0.2, 0.25) is 0 Å². The lowest BCUT2D eigenvalue weighted by Gasteiger charge is -2.36. The molecule has 0 aromatic heterocycles. The Labute approximate surface area is 163 Å². The van der Waals surface area contributed by atoms with E-state index in [1.165, 1.54) is 23.2 Å². The summed E-state index contributed by atoms with van der Waals surface area (Å²) in [5, 5.41) is 0. The topological polar surface area (TPSA) is 6.48 Å². The van der Waals surface area contributed by atoms with Gasteiger partial charge in [0.25, 0.3) is 0 Å². The highest BCUT2D eigenvalue weighted by Gasteiger charge is 2.20. The van der Waals surface area contributed by atoms with Crippen LogP contribution in [-0.2, 0) is 0 Å². The summed E-state index contributed by atoms with van der Waals surface area (Å²) in [6, 6.07) is 32.7. The molecule has 0 bridgehead atoms. The molecule has 0 unspecified atom stereocenters. The molecule has 0 aliphatic carbocycles. The zero-order valence-corrected chi connectivity index (χ0v) is 15.9. The fourth-order valence-corrected chi connectivity index (χ4v) is 4.08. The first kappa shape index (κ1) is 17.8. The molecule has 0 saturated carbocycles. The molecule has 1 heterocycles. The summed E-state index contributed by atoms with van der Waals surface area (Å²) in [7, 11) is 0. The normalized spacial score (nSPS) is 15.2. The van der Waals surface area contributed by atoms with Crippen molar-refractivity contribution in [1.29, 1.82) is 0 Å². The quantitative estimate of drug-likeness (QED) is 0.611. The Morgan fingerprint density at radius 3 is 1.59 bits per heavy atom. The predicted octanol–water partition coefficient (Wildman–Crippen LogP) is 5.03. The molecular weight excluding hydrogens is 328 g/mol.